The molecule has 0 aliphatic carbocycles. The Bertz CT molecular complexity index is 143. The Balaban J connectivity index is 0. The van der Waals surface area contributed by atoms with E-state index in [0.717, 1.165) is 0 Å². The standard InChI is InChI=1S/C6H6O.BrH.Mg/c7-6-4-2-1-3-5-6;;/h1-5,7H;1H;/q;;+2/p-2. The van der Waals surface area contributed by atoms with Gasteiger partial charge in [0, 0.05) is 0 Å². The molecule has 0 saturated carbocycles. The number of hydrogen-bond acceptors (Lipinski definition) is 1. The molecule has 0 aliphatic heterocycles. The van der Waals surface area contributed by atoms with Crippen LogP contribution < -0.4 is 22.1 Å². The molecule has 0 amide bonds. The van der Waals surface area contributed by atoms with Gasteiger partial charge in [-0.25, -0.2) is 0 Å². The summed E-state index contributed by atoms with van der Waals surface area (Å²) in [6.07, 6.45) is 0. The van der Waals surface area contributed by atoms with Crippen molar-refractivity contribution in [3.63, 3.8) is 0 Å². The molecule has 0 saturated heterocycles. The molecular weight excluding hydrogens is 192 g/mol. The molecule has 0 N–H and O–H groups in total. The maximum Gasteiger partial charge on any atom is 2.00 e. The summed E-state index contributed by atoms with van der Waals surface area (Å²) in [7, 11) is 0. The molecule has 0 heterocycles. The van der Waals surface area contributed by atoms with E-state index in [1.54, 1.807) is 12.1 Å². The maximum absolute atomic E-state index is 10.3. The molecule has 0 spiro atoms. The number of hydrogen-bond donors (Lipinski definition) is 0. The first kappa shape index (κ1) is 12.0. The number of para-hydroxylation sites is 1. The minimum atomic E-state index is 0. The minimum absolute atomic E-state index is 0. The Morgan fingerprint density at radius 1 is 1.00 bits per heavy atom. The number of halogens is 1. The van der Waals surface area contributed by atoms with Gasteiger partial charge in [0.1, 0.15) is 0 Å². The molecule has 1 aromatic rings. The molecule has 1 aromatic carbocycles. The molecule has 1 nitrogen and oxygen atoms in total. The zero-order chi connectivity index (χ0) is 5.11. The third-order valence-electron chi connectivity index (χ3n) is 0.743. The van der Waals surface area contributed by atoms with Gasteiger partial charge in [-0.1, -0.05) is 30.3 Å². The molecule has 0 radical (unpaired) electrons. The molecule has 0 atom stereocenters. The van der Waals surface area contributed by atoms with E-state index in [0.29, 0.717) is 0 Å². The van der Waals surface area contributed by atoms with Crippen LogP contribution in [0.3, 0.4) is 0 Å². The fourth-order valence-corrected chi connectivity index (χ4v) is 0.420. The molecule has 3 heteroatoms. The Morgan fingerprint density at radius 2 is 1.44 bits per heavy atom. The van der Waals surface area contributed by atoms with Crippen molar-refractivity contribution in [3.05, 3.63) is 30.3 Å². The summed E-state index contributed by atoms with van der Waals surface area (Å²) in [5, 5.41) is 10.3. The maximum atomic E-state index is 10.3. The predicted molar refractivity (Wildman–Crippen MR) is 31.6 cm³/mol. The molecule has 0 fully saturated rings. The van der Waals surface area contributed by atoms with E-state index in [-0.39, 0.29) is 45.8 Å². The predicted octanol–water partition coefficient (Wildman–Crippen LogP) is -2.62. The second-order valence-corrected chi connectivity index (χ2v) is 1.31. The van der Waals surface area contributed by atoms with E-state index in [4.69, 9.17) is 0 Å². The topological polar surface area (TPSA) is 23.1 Å². The van der Waals surface area contributed by atoms with Crippen molar-refractivity contribution in [1.82, 2.24) is 0 Å². The smallest absolute Gasteiger partial charge is 1.00 e. The summed E-state index contributed by atoms with van der Waals surface area (Å²) in [4.78, 5) is 0. The van der Waals surface area contributed by atoms with E-state index in [2.05, 4.69) is 0 Å². The van der Waals surface area contributed by atoms with E-state index >= 15 is 0 Å². The fourth-order valence-electron chi connectivity index (χ4n) is 0.420. The van der Waals surface area contributed by atoms with Crippen LogP contribution in [0.25, 0.3) is 0 Å². The minimum Gasteiger partial charge on any atom is -1.00 e. The third kappa shape index (κ3) is 4.75. The summed E-state index contributed by atoms with van der Waals surface area (Å²) in [5.41, 5.74) is 0. The summed E-state index contributed by atoms with van der Waals surface area (Å²) in [6, 6.07) is 8.33. The molecular formula is C6H5BrMgO. The zero-order valence-corrected chi connectivity index (χ0v) is 7.88. The van der Waals surface area contributed by atoms with Crippen LogP contribution in [0.2, 0.25) is 0 Å². The van der Waals surface area contributed by atoms with Crippen LogP contribution in [0.5, 0.6) is 5.75 Å². The molecule has 9 heavy (non-hydrogen) atoms. The van der Waals surface area contributed by atoms with Crippen LogP contribution in [-0.2, 0) is 0 Å². The van der Waals surface area contributed by atoms with E-state index in [9.17, 15) is 5.11 Å². The fraction of sp³-hybridized carbons (Fsp3) is 0. The Labute approximate surface area is 81.0 Å². The summed E-state index contributed by atoms with van der Waals surface area (Å²) < 4.78 is 0. The van der Waals surface area contributed by atoms with Crippen LogP contribution in [-0.4, -0.2) is 23.1 Å². The van der Waals surface area contributed by atoms with Crippen molar-refractivity contribution in [2.45, 2.75) is 0 Å². The van der Waals surface area contributed by atoms with Gasteiger partial charge in [0.25, 0.3) is 0 Å². The van der Waals surface area contributed by atoms with Crippen LogP contribution in [0.4, 0.5) is 0 Å². The monoisotopic (exact) mass is 196 g/mol. The first-order chi connectivity index (χ1) is 3.39. The van der Waals surface area contributed by atoms with Gasteiger partial charge in [-0.05, 0) is 0 Å². The molecule has 0 aromatic heterocycles. The van der Waals surface area contributed by atoms with Crippen LogP contribution in [0.15, 0.2) is 30.3 Å². The first-order valence-electron chi connectivity index (χ1n) is 2.11. The van der Waals surface area contributed by atoms with Crippen molar-refractivity contribution >= 4 is 23.1 Å². The zero-order valence-electron chi connectivity index (χ0n) is 4.88. The van der Waals surface area contributed by atoms with Gasteiger partial charge >= 0.3 is 23.1 Å². The summed E-state index contributed by atoms with van der Waals surface area (Å²) >= 11 is 0. The van der Waals surface area contributed by atoms with Crippen molar-refractivity contribution in [3.8, 4) is 5.75 Å². The van der Waals surface area contributed by atoms with Gasteiger partial charge in [-0.3, -0.25) is 0 Å². The summed E-state index contributed by atoms with van der Waals surface area (Å²) in [6.45, 7) is 0. The second-order valence-electron chi connectivity index (χ2n) is 1.31. The van der Waals surface area contributed by atoms with Crippen molar-refractivity contribution < 1.29 is 22.1 Å². The van der Waals surface area contributed by atoms with Crippen molar-refractivity contribution in [2.24, 2.45) is 0 Å². The van der Waals surface area contributed by atoms with Crippen molar-refractivity contribution in [1.29, 1.82) is 0 Å². The molecule has 0 aliphatic rings. The SMILES string of the molecule is [Br-].[Mg+2].[O-]c1ccccc1. The van der Waals surface area contributed by atoms with E-state index < -0.39 is 0 Å². The largest absolute Gasteiger partial charge is 2.00 e. The average molecular weight is 197 g/mol. The molecule has 1 rings (SSSR count). The first-order valence-corrected chi connectivity index (χ1v) is 2.11. The molecule has 0 unspecified atom stereocenters. The van der Waals surface area contributed by atoms with Gasteiger partial charge in [0.15, 0.2) is 0 Å². The van der Waals surface area contributed by atoms with Gasteiger partial charge < -0.3 is 22.1 Å². The average Bonchev–Trinajstić information content (AvgIpc) is 1.69. The van der Waals surface area contributed by atoms with Gasteiger partial charge in [-0.2, -0.15) is 0 Å². The normalized spacial score (nSPS) is 6.67. The van der Waals surface area contributed by atoms with Gasteiger partial charge in [0.2, 0.25) is 0 Å². The Morgan fingerprint density at radius 3 is 1.67 bits per heavy atom. The van der Waals surface area contributed by atoms with E-state index in [1.165, 1.54) is 12.1 Å². The third-order valence-corrected chi connectivity index (χ3v) is 0.743. The van der Waals surface area contributed by atoms with Crippen LogP contribution in [0.1, 0.15) is 0 Å². The molecule has 0 bridgehead atoms. The second kappa shape index (κ2) is 6.39. The Kier molecular flexibility index (Phi) is 8.51. The number of rotatable bonds is 0. The van der Waals surface area contributed by atoms with Crippen molar-refractivity contribution in [2.75, 3.05) is 0 Å². The number of benzene rings is 1. The Hall–Kier alpha value is 0.266. The summed E-state index contributed by atoms with van der Waals surface area (Å²) in [5.74, 6) is 0.0718. The molecule has 44 valence electrons. The van der Waals surface area contributed by atoms with Crippen LogP contribution in [0, 0.1) is 0 Å². The quantitative estimate of drug-likeness (QED) is 0.418. The van der Waals surface area contributed by atoms with E-state index in [1.807, 2.05) is 6.07 Å². The van der Waals surface area contributed by atoms with Crippen LogP contribution >= 0.6 is 0 Å². The van der Waals surface area contributed by atoms with Gasteiger partial charge in [0.05, 0.1) is 0 Å². The van der Waals surface area contributed by atoms with Gasteiger partial charge in [-0.15, -0.1) is 5.75 Å².